The van der Waals surface area contributed by atoms with E-state index in [1.807, 2.05) is 13.8 Å². The first-order valence-electron chi connectivity index (χ1n) is 7.31. The first kappa shape index (κ1) is 13.8. The highest BCUT2D eigenvalue weighted by molar-refractivity contribution is 7.10. The summed E-state index contributed by atoms with van der Waals surface area (Å²) >= 11 is 1.37. The number of esters is 1. The monoisotopic (exact) mass is 295 g/mol. The molecule has 0 radical (unpaired) electrons. The third-order valence-electron chi connectivity index (χ3n) is 4.31. The van der Waals surface area contributed by atoms with Gasteiger partial charge in [0.15, 0.2) is 0 Å². The van der Waals surface area contributed by atoms with E-state index < -0.39 is 0 Å². The van der Waals surface area contributed by atoms with Gasteiger partial charge < -0.3 is 15.0 Å². The number of anilines is 1. The summed E-state index contributed by atoms with van der Waals surface area (Å²) in [5, 5.41) is 4.43. The van der Waals surface area contributed by atoms with Crippen molar-refractivity contribution in [2.75, 3.05) is 31.6 Å². The fourth-order valence-corrected chi connectivity index (χ4v) is 4.05. The molecule has 1 aromatic rings. The van der Waals surface area contributed by atoms with Crippen LogP contribution in [0.25, 0.3) is 0 Å². The number of nitrogens with one attached hydrogen (secondary N) is 1. The van der Waals surface area contributed by atoms with Crippen LogP contribution in [0, 0.1) is 12.8 Å². The van der Waals surface area contributed by atoms with Gasteiger partial charge in [0.25, 0.3) is 0 Å². The van der Waals surface area contributed by atoms with Gasteiger partial charge in [-0.1, -0.05) is 0 Å². The first-order chi connectivity index (χ1) is 9.69. The maximum Gasteiger partial charge on any atom is 0.343 e. The van der Waals surface area contributed by atoms with Gasteiger partial charge in [0.2, 0.25) is 0 Å². The molecule has 2 bridgehead atoms. The summed E-state index contributed by atoms with van der Waals surface area (Å²) in [5.41, 5.74) is 1.38. The first-order valence-corrected chi connectivity index (χ1v) is 8.08. The molecule has 1 aromatic heterocycles. The van der Waals surface area contributed by atoms with E-state index >= 15 is 0 Å². The molecule has 5 nitrogen and oxygen atoms in total. The van der Waals surface area contributed by atoms with Gasteiger partial charge in [-0.25, -0.2) is 4.79 Å². The third-order valence-corrected chi connectivity index (χ3v) is 5.18. The number of ether oxygens (including phenoxy) is 1. The molecule has 3 fully saturated rings. The van der Waals surface area contributed by atoms with Crippen molar-refractivity contribution in [2.45, 2.75) is 32.7 Å². The topological polar surface area (TPSA) is 54.5 Å². The van der Waals surface area contributed by atoms with Crippen molar-refractivity contribution < 1.29 is 9.53 Å². The molecule has 1 N–H and O–H groups in total. The van der Waals surface area contributed by atoms with Crippen molar-refractivity contribution >= 4 is 22.5 Å². The Bertz CT molecular complexity index is 495. The van der Waals surface area contributed by atoms with Gasteiger partial charge in [-0.3, -0.25) is 0 Å². The summed E-state index contributed by atoms with van der Waals surface area (Å²) < 4.78 is 9.45. The van der Waals surface area contributed by atoms with Crippen LogP contribution in [0.2, 0.25) is 0 Å². The molecule has 4 rings (SSSR count). The predicted octanol–water partition coefficient (Wildman–Crippen LogP) is 2.13. The second-order valence-corrected chi connectivity index (χ2v) is 6.35. The number of rotatable bonds is 4. The molecule has 20 heavy (non-hydrogen) atoms. The highest BCUT2D eigenvalue weighted by Crippen LogP contribution is 2.33. The van der Waals surface area contributed by atoms with Crippen LogP contribution in [0.4, 0.5) is 5.00 Å². The molecule has 0 aromatic carbocycles. The highest BCUT2D eigenvalue weighted by Gasteiger charge is 2.35. The molecular formula is C14H21N3O2S. The van der Waals surface area contributed by atoms with Gasteiger partial charge in [0.1, 0.15) is 10.6 Å². The smallest absolute Gasteiger partial charge is 0.343 e. The van der Waals surface area contributed by atoms with Crippen molar-refractivity contribution in [3.8, 4) is 0 Å². The van der Waals surface area contributed by atoms with Crippen LogP contribution in [0.5, 0.6) is 0 Å². The van der Waals surface area contributed by atoms with Crippen LogP contribution in [0.1, 0.15) is 35.8 Å². The molecule has 3 aliphatic rings. The highest BCUT2D eigenvalue weighted by atomic mass is 32.1. The van der Waals surface area contributed by atoms with Crippen molar-refractivity contribution in [1.29, 1.82) is 0 Å². The van der Waals surface area contributed by atoms with Crippen LogP contribution in [-0.4, -0.2) is 47.5 Å². The van der Waals surface area contributed by atoms with E-state index in [0.717, 1.165) is 23.2 Å². The second-order valence-electron chi connectivity index (χ2n) is 5.58. The van der Waals surface area contributed by atoms with Crippen molar-refractivity contribution in [1.82, 2.24) is 9.27 Å². The van der Waals surface area contributed by atoms with Crippen molar-refractivity contribution in [3.63, 3.8) is 0 Å². The number of fused-ring (bicyclic) bond motifs is 3. The van der Waals surface area contributed by atoms with Gasteiger partial charge in [0, 0.05) is 12.6 Å². The molecule has 110 valence electrons. The summed E-state index contributed by atoms with van der Waals surface area (Å²) in [6.07, 6.45) is 2.51. The molecule has 1 unspecified atom stereocenters. The van der Waals surface area contributed by atoms with Crippen LogP contribution < -0.4 is 5.32 Å². The number of hydrogen-bond donors (Lipinski definition) is 1. The molecule has 3 aliphatic heterocycles. The number of aryl methyl sites for hydroxylation is 1. The lowest BCUT2D eigenvalue weighted by Gasteiger charge is -2.45. The zero-order valence-corrected chi connectivity index (χ0v) is 12.8. The Balaban J connectivity index is 1.76. The number of piperidine rings is 3. The van der Waals surface area contributed by atoms with E-state index in [0.29, 0.717) is 18.2 Å². The van der Waals surface area contributed by atoms with Gasteiger partial charge >= 0.3 is 5.97 Å². The minimum atomic E-state index is -0.262. The molecular weight excluding hydrogens is 274 g/mol. The molecule has 0 spiro atoms. The lowest BCUT2D eigenvalue weighted by Crippen LogP contribution is -2.53. The predicted molar refractivity (Wildman–Crippen MR) is 79.4 cm³/mol. The number of hydrogen-bond acceptors (Lipinski definition) is 6. The molecule has 0 saturated carbocycles. The Hall–Kier alpha value is -1.14. The van der Waals surface area contributed by atoms with Gasteiger partial charge in [-0.2, -0.15) is 4.37 Å². The number of carbonyl (C=O) groups excluding carboxylic acids is 1. The SMILES string of the molecule is CCOC(=O)c1c(C)nsc1NC1CN2CCC1CC2. The van der Waals surface area contributed by atoms with Crippen LogP contribution >= 0.6 is 11.5 Å². The molecule has 1 atom stereocenters. The quantitative estimate of drug-likeness (QED) is 0.863. The lowest BCUT2D eigenvalue weighted by atomic mass is 9.84. The maximum absolute atomic E-state index is 12.0. The van der Waals surface area contributed by atoms with E-state index in [1.54, 1.807) is 0 Å². The molecule has 0 aliphatic carbocycles. The number of aromatic nitrogens is 1. The van der Waals surface area contributed by atoms with E-state index in [1.165, 1.54) is 37.5 Å². The second kappa shape index (κ2) is 5.69. The molecule has 6 heteroatoms. The fraction of sp³-hybridized carbons (Fsp3) is 0.714. The van der Waals surface area contributed by atoms with Crippen LogP contribution in [0.15, 0.2) is 0 Å². The average Bonchev–Trinajstić information content (AvgIpc) is 2.81. The summed E-state index contributed by atoms with van der Waals surface area (Å²) in [5.74, 6) is 0.458. The Morgan fingerprint density at radius 3 is 2.85 bits per heavy atom. The summed E-state index contributed by atoms with van der Waals surface area (Å²) in [6, 6.07) is 0.436. The minimum Gasteiger partial charge on any atom is -0.462 e. The Kier molecular flexibility index (Phi) is 3.94. The van der Waals surface area contributed by atoms with E-state index in [4.69, 9.17) is 4.74 Å². The summed E-state index contributed by atoms with van der Waals surface area (Å²) in [7, 11) is 0. The maximum atomic E-state index is 12.0. The number of carbonyl (C=O) groups is 1. The van der Waals surface area contributed by atoms with Crippen LogP contribution in [0.3, 0.4) is 0 Å². The zero-order valence-electron chi connectivity index (χ0n) is 12.0. The zero-order chi connectivity index (χ0) is 14.1. The lowest BCUT2D eigenvalue weighted by molar-refractivity contribution is 0.0526. The van der Waals surface area contributed by atoms with E-state index in [-0.39, 0.29) is 5.97 Å². The fourth-order valence-electron chi connectivity index (χ4n) is 3.21. The Morgan fingerprint density at radius 2 is 2.25 bits per heavy atom. The Morgan fingerprint density at radius 1 is 1.50 bits per heavy atom. The van der Waals surface area contributed by atoms with Gasteiger partial charge in [0.05, 0.1) is 12.3 Å². The summed E-state index contributed by atoms with van der Waals surface area (Å²) in [4.78, 5) is 14.5. The molecule has 4 heterocycles. The minimum absolute atomic E-state index is 0.262. The average molecular weight is 295 g/mol. The van der Waals surface area contributed by atoms with Gasteiger partial charge in [-0.15, -0.1) is 0 Å². The van der Waals surface area contributed by atoms with Gasteiger partial charge in [-0.05, 0) is 57.2 Å². The Labute approximate surface area is 123 Å². The number of nitrogens with zero attached hydrogens (tertiary/aromatic N) is 2. The third kappa shape index (κ3) is 2.54. The molecule has 0 amide bonds. The standard InChI is InChI=1S/C14H21N3O2S/c1-3-19-14(18)12-9(2)16-20-13(12)15-11-8-17-6-4-10(11)5-7-17/h10-11,15H,3-8H2,1-2H3. The van der Waals surface area contributed by atoms with Crippen LogP contribution in [-0.2, 0) is 4.74 Å². The molecule has 3 saturated heterocycles. The summed E-state index contributed by atoms with van der Waals surface area (Å²) in [6.45, 7) is 7.60. The largest absolute Gasteiger partial charge is 0.462 e. The van der Waals surface area contributed by atoms with E-state index in [2.05, 4.69) is 14.6 Å². The van der Waals surface area contributed by atoms with E-state index in [9.17, 15) is 4.79 Å². The normalized spacial score (nSPS) is 28.4. The van der Waals surface area contributed by atoms with Crippen molar-refractivity contribution in [2.24, 2.45) is 5.92 Å². The van der Waals surface area contributed by atoms with Crippen molar-refractivity contribution in [3.05, 3.63) is 11.3 Å².